The molecule has 0 radical (unpaired) electrons. The molecule has 0 unspecified atom stereocenters. The zero-order chi connectivity index (χ0) is 16.8. The van der Waals surface area contributed by atoms with E-state index in [1.807, 2.05) is 25.7 Å². The smallest absolute Gasteiger partial charge is 0.311 e. The first-order chi connectivity index (χ1) is 10.2. The molecule has 2 atom stereocenters. The van der Waals surface area contributed by atoms with E-state index in [2.05, 4.69) is 6.92 Å². The van der Waals surface area contributed by atoms with Crippen LogP contribution in [0.4, 0.5) is 0 Å². The molecule has 0 bridgehead atoms. The molecule has 0 saturated carbocycles. The van der Waals surface area contributed by atoms with Crippen LogP contribution in [0.3, 0.4) is 0 Å². The minimum atomic E-state index is -0.479. The number of methoxy groups -OCH3 is 1. The molecule has 1 heterocycles. The van der Waals surface area contributed by atoms with E-state index in [0.29, 0.717) is 25.5 Å². The normalized spacial score (nSPS) is 22.5. The van der Waals surface area contributed by atoms with Crippen LogP contribution in [0.25, 0.3) is 0 Å². The van der Waals surface area contributed by atoms with E-state index in [1.165, 1.54) is 0 Å². The number of hydrogen-bond donors (Lipinski definition) is 0. The van der Waals surface area contributed by atoms with Crippen molar-refractivity contribution >= 4 is 11.9 Å². The van der Waals surface area contributed by atoms with Crippen molar-refractivity contribution in [2.24, 2.45) is 11.8 Å². The molecular weight excluding hydrogens is 282 g/mol. The first-order valence-corrected chi connectivity index (χ1v) is 8.22. The molecule has 1 aliphatic rings. The maximum Gasteiger partial charge on any atom is 0.311 e. The average Bonchev–Trinajstić information content (AvgIpc) is 2.41. The van der Waals surface area contributed by atoms with Crippen molar-refractivity contribution in [1.29, 1.82) is 0 Å². The highest BCUT2D eigenvalue weighted by Gasteiger charge is 2.34. The number of amides is 1. The number of unbranched alkanes of at least 4 members (excludes halogenated alkanes) is 1. The summed E-state index contributed by atoms with van der Waals surface area (Å²) < 4.78 is 10.5. The summed E-state index contributed by atoms with van der Waals surface area (Å²) in [6, 6.07) is 0. The van der Waals surface area contributed by atoms with Crippen molar-refractivity contribution in [3.63, 3.8) is 0 Å². The van der Waals surface area contributed by atoms with E-state index in [4.69, 9.17) is 9.47 Å². The fourth-order valence-corrected chi connectivity index (χ4v) is 2.79. The molecule has 5 nitrogen and oxygen atoms in total. The Bertz CT molecular complexity index is 375. The van der Waals surface area contributed by atoms with Gasteiger partial charge in [-0.05, 0) is 46.0 Å². The Kier molecular flexibility index (Phi) is 7.33. The third kappa shape index (κ3) is 6.77. The maximum atomic E-state index is 12.3. The predicted octanol–water partition coefficient (Wildman–Crippen LogP) is 2.63. The van der Waals surface area contributed by atoms with Gasteiger partial charge in [-0.25, -0.2) is 0 Å². The average molecular weight is 313 g/mol. The predicted molar refractivity (Wildman–Crippen MR) is 85.4 cm³/mol. The molecule has 0 aromatic carbocycles. The SMILES string of the molecule is COCCCCC(=O)N1C[C@H](C)C[C@H](C(=O)OC(C)(C)C)C1. The molecule has 1 aliphatic heterocycles. The quantitative estimate of drug-likeness (QED) is 0.559. The van der Waals surface area contributed by atoms with Crippen LogP contribution in [0.15, 0.2) is 0 Å². The van der Waals surface area contributed by atoms with Gasteiger partial charge in [-0.1, -0.05) is 6.92 Å². The first-order valence-electron chi connectivity index (χ1n) is 8.22. The first kappa shape index (κ1) is 18.9. The summed E-state index contributed by atoms with van der Waals surface area (Å²) in [6.07, 6.45) is 3.04. The van der Waals surface area contributed by atoms with Gasteiger partial charge in [-0.3, -0.25) is 9.59 Å². The highest BCUT2D eigenvalue weighted by molar-refractivity contribution is 5.78. The van der Waals surface area contributed by atoms with Gasteiger partial charge in [0.2, 0.25) is 5.91 Å². The lowest BCUT2D eigenvalue weighted by Gasteiger charge is -2.36. The van der Waals surface area contributed by atoms with Gasteiger partial charge in [-0.2, -0.15) is 0 Å². The van der Waals surface area contributed by atoms with Crippen LogP contribution in [-0.4, -0.2) is 49.2 Å². The Labute approximate surface area is 134 Å². The van der Waals surface area contributed by atoms with Crippen molar-refractivity contribution in [2.75, 3.05) is 26.8 Å². The largest absolute Gasteiger partial charge is 0.460 e. The number of rotatable bonds is 6. The van der Waals surface area contributed by atoms with E-state index in [0.717, 1.165) is 25.8 Å². The van der Waals surface area contributed by atoms with Crippen LogP contribution in [-0.2, 0) is 19.1 Å². The molecule has 128 valence electrons. The molecule has 1 amide bonds. The highest BCUT2D eigenvalue weighted by Crippen LogP contribution is 2.25. The molecule has 0 aromatic rings. The van der Waals surface area contributed by atoms with Gasteiger partial charge in [0.1, 0.15) is 5.60 Å². The molecule has 1 saturated heterocycles. The fourth-order valence-electron chi connectivity index (χ4n) is 2.79. The Balaban J connectivity index is 2.52. The summed E-state index contributed by atoms with van der Waals surface area (Å²) in [5.41, 5.74) is -0.479. The molecule has 1 rings (SSSR count). The van der Waals surface area contributed by atoms with Crippen molar-refractivity contribution in [2.45, 2.75) is 59.0 Å². The number of esters is 1. The van der Waals surface area contributed by atoms with E-state index >= 15 is 0 Å². The van der Waals surface area contributed by atoms with E-state index in [1.54, 1.807) is 7.11 Å². The van der Waals surface area contributed by atoms with E-state index in [9.17, 15) is 9.59 Å². The fraction of sp³-hybridized carbons (Fsp3) is 0.882. The van der Waals surface area contributed by atoms with Crippen LogP contribution < -0.4 is 0 Å². The zero-order valence-corrected chi connectivity index (χ0v) is 14.7. The molecule has 1 fully saturated rings. The number of carbonyl (C=O) groups is 2. The lowest BCUT2D eigenvalue weighted by molar-refractivity contribution is -0.163. The standard InChI is InChI=1S/C17H31NO4/c1-13-10-14(16(20)22-17(2,3)4)12-18(11-13)15(19)8-6-7-9-21-5/h13-14H,6-12H2,1-5H3/t13-,14+/m1/s1. The molecule has 0 aliphatic carbocycles. The minimum absolute atomic E-state index is 0.135. The monoisotopic (exact) mass is 313 g/mol. The summed E-state index contributed by atoms with van der Waals surface area (Å²) in [6.45, 7) is 9.61. The summed E-state index contributed by atoms with van der Waals surface area (Å²) in [5.74, 6) is 0.0764. The minimum Gasteiger partial charge on any atom is -0.460 e. The number of nitrogens with zero attached hydrogens (tertiary/aromatic N) is 1. The Morgan fingerprint density at radius 1 is 1.18 bits per heavy atom. The second-order valence-corrected chi connectivity index (χ2v) is 7.32. The lowest BCUT2D eigenvalue weighted by atomic mass is 9.90. The van der Waals surface area contributed by atoms with Crippen LogP contribution in [0.2, 0.25) is 0 Å². The summed E-state index contributed by atoms with van der Waals surface area (Å²) in [4.78, 5) is 26.4. The maximum absolute atomic E-state index is 12.3. The lowest BCUT2D eigenvalue weighted by Crippen LogP contribution is -2.46. The number of hydrogen-bond acceptors (Lipinski definition) is 4. The van der Waals surface area contributed by atoms with Gasteiger partial charge in [-0.15, -0.1) is 0 Å². The van der Waals surface area contributed by atoms with E-state index in [-0.39, 0.29) is 17.8 Å². The van der Waals surface area contributed by atoms with Crippen LogP contribution in [0, 0.1) is 11.8 Å². The highest BCUT2D eigenvalue weighted by atomic mass is 16.6. The van der Waals surface area contributed by atoms with Gasteiger partial charge in [0.25, 0.3) is 0 Å². The number of piperidine rings is 1. The van der Waals surface area contributed by atoms with Crippen molar-refractivity contribution in [1.82, 2.24) is 4.90 Å². The summed E-state index contributed by atoms with van der Waals surface area (Å²) in [7, 11) is 1.67. The van der Waals surface area contributed by atoms with Crippen LogP contribution >= 0.6 is 0 Å². The number of carbonyl (C=O) groups excluding carboxylic acids is 2. The second-order valence-electron chi connectivity index (χ2n) is 7.32. The Morgan fingerprint density at radius 3 is 2.45 bits per heavy atom. The van der Waals surface area contributed by atoms with Crippen molar-refractivity contribution < 1.29 is 19.1 Å². The number of ether oxygens (including phenoxy) is 2. The van der Waals surface area contributed by atoms with Gasteiger partial charge in [0.05, 0.1) is 5.92 Å². The molecule has 22 heavy (non-hydrogen) atoms. The molecule has 0 aromatic heterocycles. The van der Waals surface area contributed by atoms with Crippen molar-refractivity contribution in [3.8, 4) is 0 Å². The third-order valence-corrected chi connectivity index (χ3v) is 3.74. The second kappa shape index (κ2) is 8.51. The molecule has 0 spiro atoms. The zero-order valence-electron chi connectivity index (χ0n) is 14.7. The van der Waals surface area contributed by atoms with Gasteiger partial charge >= 0.3 is 5.97 Å². The molecular formula is C17H31NO4. The summed E-state index contributed by atoms with van der Waals surface area (Å²) >= 11 is 0. The van der Waals surface area contributed by atoms with E-state index < -0.39 is 5.60 Å². The van der Waals surface area contributed by atoms with Crippen molar-refractivity contribution in [3.05, 3.63) is 0 Å². The van der Waals surface area contributed by atoms with Crippen LogP contribution in [0.5, 0.6) is 0 Å². The van der Waals surface area contributed by atoms with Gasteiger partial charge < -0.3 is 14.4 Å². The van der Waals surface area contributed by atoms with Gasteiger partial charge in [0, 0.05) is 33.2 Å². The molecule has 0 N–H and O–H groups in total. The van der Waals surface area contributed by atoms with Crippen LogP contribution in [0.1, 0.15) is 53.4 Å². The molecule has 5 heteroatoms. The summed E-state index contributed by atoms with van der Waals surface area (Å²) in [5, 5.41) is 0. The number of likely N-dealkylation sites (tertiary alicyclic amines) is 1. The Hall–Kier alpha value is -1.10. The van der Waals surface area contributed by atoms with Gasteiger partial charge in [0.15, 0.2) is 0 Å². The Morgan fingerprint density at radius 2 is 1.86 bits per heavy atom. The third-order valence-electron chi connectivity index (χ3n) is 3.74. The topological polar surface area (TPSA) is 55.8 Å².